The maximum Gasteiger partial charge on any atom is 0.178 e. The average molecular weight is 226 g/mol. The van der Waals surface area contributed by atoms with Crippen molar-refractivity contribution in [3.05, 3.63) is 42.7 Å². The average Bonchev–Trinajstić information content (AvgIpc) is 2.64. The molecule has 0 unspecified atom stereocenters. The van der Waals surface area contributed by atoms with Gasteiger partial charge in [0.2, 0.25) is 0 Å². The van der Waals surface area contributed by atoms with E-state index in [1.165, 1.54) is 0 Å². The number of benzene rings is 1. The van der Waals surface area contributed by atoms with Crippen LogP contribution in [0.15, 0.2) is 42.7 Å². The first-order valence-corrected chi connectivity index (χ1v) is 5.67. The normalized spacial score (nSPS) is 18.4. The van der Waals surface area contributed by atoms with Crippen LogP contribution in [0, 0.1) is 0 Å². The second-order valence-corrected chi connectivity index (χ2v) is 4.15. The van der Waals surface area contributed by atoms with Crippen LogP contribution in [0.5, 0.6) is 0 Å². The summed E-state index contributed by atoms with van der Waals surface area (Å²) in [6.07, 6.45) is 3.70. The van der Waals surface area contributed by atoms with Gasteiger partial charge in [0, 0.05) is 25.1 Å². The number of anilines is 3. The highest BCUT2D eigenvalue weighted by Gasteiger charge is 2.33. The van der Waals surface area contributed by atoms with Crippen LogP contribution in [0.4, 0.5) is 17.3 Å². The van der Waals surface area contributed by atoms with E-state index in [-0.39, 0.29) is 6.17 Å². The van der Waals surface area contributed by atoms with Gasteiger partial charge in [0.1, 0.15) is 6.17 Å². The Kier molecular flexibility index (Phi) is 2.21. The Labute approximate surface area is 101 Å². The second kappa shape index (κ2) is 3.73. The van der Waals surface area contributed by atoms with Crippen LogP contribution >= 0.6 is 0 Å². The lowest BCUT2D eigenvalue weighted by atomic mass is 10.3. The molecule has 0 saturated heterocycles. The lowest BCUT2D eigenvalue weighted by Gasteiger charge is -2.26. The number of nitrogens with zero attached hydrogens (tertiary/aromatic N) is 4. The molecule has 1 aromatic heterocycles. The van der Waals surface area contributed by atoms with Crippen LogP contribution < -0.4 is 9.80 Å². The molecule has 0 N–H and O–H groups in total. The van der Waals surface area contributed by atoms with E-state index >= 15 is 0 Å². The zero-order valence-electron chi connectivity index (χ0n) is 9.91. The van der Waals surface area contributed by atoms with Gasteiger partial charge in [-0.1, -0.05) is 18.2 Å². The molecule has 0 amide bonds. The standard InChI is InChI=1S/C13H14N4/c1-10-16(2)12-13(15-9-8-14-12)17(10)11-6-4-3-5-7-11/h3-10H,1-2H3/t10-/m1/s1. The monoisotopic (exact) mass is 226 g/mol. The van der Waals surface area contributed by atoms with Crippen LogP contribution in [0.1, 0.15) is 6.92 Å². The zero-order chi connectivity index (χ0) is 11.8. The largest absolute Gasteiger partial charge is 0.336 e. The number of hydrogen-bond donors (Lipinski definition) is 0. The summed E-state index contributed by atoms with van der Waals surface area (Å²) in [4.78, 5) is 13.2. The molecule has 1 aliphatic heterocycles. The highest BCUT2D eigenvalue weighted by molar-refractivity contribution is 5.77. The van der Waals surface area contributed by atoms with E-state index in [1.807, 2.05) is 25.2 Å². The summed E-state index contributed by atoms with van der Waals surface area (Å²) in [5.74, 6) is 1.86. The summed E-state index contributed by atoms with van der Waals surface area (Å²) in [6, 6.07) is 10.3. The number of fused-ring (bicyclic) bond motifs is 1. The first-order valence-electron chi connectivity index (χ1n) is 5.67. The van der Waals surface area contributed by atoms with E-state index < -0.39 is 0 Å². The molecule has 1 atom stereocenters. The number of rotatable bonds is 1. The fourth-order valence-electron chi connectivity index (χ4n) is 2.20. The Bertz CT molecular complexity index is 526. The summed E-state index contributed by atoms with van der Waals surface area (Å²) in [7, 11) is 2.04. The minimum absolute atomic E-state index is 0.231. The van der Waals surface area contributed by atoms with Crippen molar-refractivity contribution in [3.8, 4) is 0 Å². The molecular weight excluding hydrogens is 212 g/mol. The van der Waals surface area contributed by atoms with E-state index in [0.29, 0.717) is 0 Å². The molecule has 2 aromatic rings. The second-order valence-electron chi connectivity index (χ2n) is 4.15. The maximum absolute atomic E-state index is 4.44. The molecule has 2 heterocycles. The molecule has 0 saturated carbocycles. The third-order valence-corrected chi connectivity index (χ3v) is 3.19. The Morgan fingerprint density at radius 1 is 1.00 bits per heavy atom. The minimum atomic E-state index is 0.231. The highest BCUT2D eigenvalue weighted by Crippen LogP contribution is 2.39. The van der Waals surface area contributed by atoms with E-state index in [9.17, 15) is 0 Å². The number of hydrogen-bond acceptors (Lipinski definition) is 4. The molecule has 4 heteroatoms. The number of para-hydroxylation sites is 1. The van der Waals surface area contributed by atoms with Crippen LogP contribution in [-0.2, 0) is 0 Å². The quantitative estimate of drug-likeness (QED) is 0.747. The predicted octanol–water partition coefficient (Wildman–Crippen LogP) is 2.41. The smallest absolute Gasteiger partial charge is 0.178 e. The van der Waals surface area contributed by atoms with Crippen molar-refractivity contribution in [3.63, 3.8) is 0 Å². The number of aromatic nitrogens is 2. The fraction of sp³-hybridized carbons (Fsp3) is 0.231. The van der Waals surface area contributed by atoms with Gasteiger partial charge in [-0.2, -0.15) is 0 Å². The molecule has 4 nitrogen and oxygen atoms in total. The molecule has 0 aliphatic carbocycles. The van der Waals surface area contributed by atoms with Gasteiger partial charge >= 0.3 is 0 Å². The van der Waals surface area contributed by atoms with Crippen molar-refractivity contribution in [2.24, 2.45) is 0 Å². The van der Waals surface area contributed by atoms with Crippen molar-refractivity contribution < 1.29 is 0 Å². The van der Waals surface area contributed by atoms with Crippen molar-refractivity contribution >= 4 is 17.3 Å². The van der Waals surface area contributed by atoms with Gasteiger partial charge in [-0.05, 0) is 19.1 Å². The van der Waals surface area contributed by atoms with Crippen LogP contribution in [0.25, 0.3) is 0 Å². The Balaban J connectivity index is 2.13. The van der Waals surface area contributed by atoms with E-state index in [4.69, 9.17) is 0 Å². The van der Waals surface area contributed by atoms with Gasteiger partial charge in [-0.15, -0.1) is 0 Å². The van der Waals surface area contributed by atoms with E-state index in [2.05, 4.69) is 38.8 Å². The van der Waals surface area contributed by atoms with Gasteiger partial charge in [0.25, 0.3) is 0 Å². The van der Waals surface area contributed by atoms with Gasteiger partial charge in [0.05, 0.1) is 0 Å². The summed E-state index contributed by atoms with van der Waals surface area (Å²) in [5, 5.41) is 0. The van der Waals surface area contributed by atoms with Gasteiger partial charge < -0.3 is 9.80 Å². The molecule has 0 fully saturated rings. The molecule has 0 radical (unpaired) electrons. The molecule has 0 spiro atoms. The van der Waals surface area contributed by atoms with Crippen LogP contribution in [-0.4, -0.2) is 23.2 Å². The highest BCUT2D eigenvalue weighted by atomic mass is 15.4. The topological polar surface area (TPSA) is 32.3 Å². The summed E-state index contributed by atoms with van der Waals surface area (Å²) in [6.45, 7) is 2.15. The molecular formula is C13H14N4. The molecule has 86 valence electrons. The molecule has 1 aliphatic rings. The molecule has 0 bridgehead atoms. The summed E-state index contributed by atoms with van der Waals surface area (Å²) >= 11 is 0. The van der Waals surface area contributed by atoms with Crippen molar-refractivity contribution in [1.82, 2.24) is 9.97 Å². The van der Waals surface area contributed by atoms with Gasteiger partial charge in [0.15, 0.2) is 11.6 Å². The van der Waals surface area contributed by atoms with Crippen LogP contribution in [0.2, 0.25) is 0 Å². The fourth-order valence-corrected chi connectivity index (χ4v) is 2.20. The lowest BCUT2D eigenvalue weighted by molar-refractivity contribution is 0.727. The Morgan fingerprint density at radius 3 is 2.35 bits per heavy atom. The van der Waals surface area contributed by atoms with Crippen LogP contribution in [0.3, 0.4) is 0 Å². The predicted molar refractivity (Wildman–Crippen MR) is 68.5 cm³/mol. The van der Waals surface area contributed by atoms with E-state index in [0.717, 1.165) is 17.3 Å². The summed E-state index contributed by atoms with van der Waals surface area (Å²) in [5.41, 5.74) is 1.14. The van der Waals surface area contributed by atoms with Crippen molar-refractivity contribution in [2.45, 2.75) is 13.1 Å². The third-order valence-electron chi connectivity index (χ3n) is 3.19. The first kappa shape index (κ1) is 10.1. The third kappa shape index (κ3) is 1.45. The molecule has 3 rings (SSSR count). The molecule has 17 heavy (non-hydrogen) atoms. The Hall–Kier alpha value is -2.10. The van der Waals surface area contributed by atoms with Gasteiger partial charge in [-0.25, -0.2) is 9.97 Å². The van der Waals surface area contributed by atoms with Crippen molar-refractivity contribution in [2.75, 3.05) is 16.8 Å². The maximum atomic E-state index is 4.44. The van der Waals surface area contributed by atoms with Crippen molar-refractivity contribution in [1.29, 1.82) is 0 Å². The van der Waals surface area contributed by atoms with E-state index in [1.54, 1.807) is 12.4 Å². The SMILES string of the molecule is C[C@@H]1N(C)c2nccnc2N1c1ccccc1. The first-order chi connectivity index (χ1) is 8.29. The lowest BCUT2D eigenvalue weighted by Crippen LogP contribution is -2.35. The van der Waals surface area contributed by atoms with Gasteiger partial charge in [-0.3, -0.25) is 0 Å². The zero-order valence-corrected chi connectivity index (χ0v) is 9.91. The Morgan fingerprint density at radius 2 is 1.65 bits per heavy atom. The molecule has 1 aromatic carbocycles. The minimum Gasteiger partial charge on any atom is -0.336 e. The summed E-state index contributed by atoms with van der Waals surface area (Å²) < 4.78 is 0.